The molecule has 3 rings (SSSR count). The molecule has 2 aromatic rings. The standard InChI is InChI=1S/C16H21N5O2/c1-3-23-12-8-11(9-12)10-15(22)17-14-7-5-4-6-13(14)16-18-19-20-21(16)2/h4-7,11-12H,3,8-10H2,1-2H3,(H,17,22). The monoisotopic (exact) mass is 315 g/mol. The number of hydrogen-bond acceptors (Lipinski definition) is 5. The zero-order valence-electron chi connectivity index (χ0n) is 13.4. The molecule has 0 radical (unpaired) electrons. The Hall–Kier alpha value is -2.28. The van der Waals surface area contributed by atoms with Gasteiger partial charge in [0, 0.05) is 25.6 Å². The zero-order chi connectivity index (χ0) is 16.2. The number of carbonyl (C=O) groups is 1. The summed E-state index contributed by atoms with van der Waals surface area (Å²) < 4.78 is 7.12. The van der Waals surface area contributed by atoms with E-state index >= 15 is 0 Å². The van der Waals surface area contributed by atoms with E-state index in [4.69, 9.17) is 4.74 Å². The Balaban J connectivity index is 1.63. The summed E-state index contributed by atoms with van der Waals surface area (Å²) in [5, 5.41) is 14.5. The molecule has 122 valence electrons. The van der Waals surface area contributed by atoms with Gasteiger partial charge in [-0.1, -0.05) is 12.1 Å². The molecule has 1 saturated carbocycles. The first-order chi connectivity index (χ1) is 11.2. The number of hydrogen-bond donors (Lipinski definition) is 1. The highest BCUT2D eigenvalue weighted by Crippen LogP contribution is 2.33. The molecule has 1 amide bonds. The number of ether oxygens (including phenoxy) is 1. The van der Waals surface area contributed by atoms with Crippen LogP contribution in [0.25, 0.3) is 11.4 Å². The summed E-state index contributed by atoms with van der Waals surface area (Å²) in [6.45, 7) is 2.74. The third-order valence-corrected chi connectivity index (χ3v) is 4.13. The Morgan fingerprint density at radius 1 is 1.39 bits per heavy atom. The number of nitrogens with zero attached hydrogens (tertiary/aromatic N) is 4. The minimum atomic E-state index is 0.0209. The van der Waals surface area contributed by atoms with Crippen LogP contribution in [-0.4, -0.2) is 38.8 Å². The predicted molar refractivity (Wildman–Crippen MR) is 85.6 cm³/mol. The lowest BCUT2D eigenvalue weighted by Gasteiger charge is -2.34. The lowest BCUT2D eigenvalue weighted by Crippen LogP contribution is -2.33. The summed E-state index contributed by atoms with van der Waals surface area (Å²) in [5.41, 5.74) is 1.55. The molecule has 1 aromatic heterocycles. The van der Waals surface area contributed by atoms with Gasteiger partial charge in [-0.2, -0.15) is 0 Å². The second kappa shape index (κ2) is 6.87. The van der Waals surface area contributed by atoms with Crippen molar-refractivity contribution in [1.82, 2.24) is 20.2 Å². The fourth-order valence-corrected chi connectivity index (χ4v) is 2.92. The number of nitrogens with one attached hydrogen (secondary N) is 1. The van der Waals surface area contributed by atoms with Gasteiger partial charge in [0.25, 0.3) is 0 Å². The van der Waals surface area contributed by atoms with Crippen LogP contribution in [0.4, 0.5) is 5.69 Å². The first-order valence-electron chi connectivity index (χ1n) is 7.90. The number of para-hydroxylation sites is 1. The number of carbonyl (C=O) groups excluding carboxylic acids is 1. The van der Waals surface area contributed by atoms with E-state index in [9.17, 15) is 4.79 Å². The Labute approximate surface area is 135 Å². The normalized spacial score (nSPS) is 20.1. The average Bonchev–Trinajstić information content (AvgIpc) is 2.92. The maximum absolute atomic E-state index is 12.3. The van der Waals surface area contributed by atoms with Crippen LogP contribution in [0.2, 0.25) is 0 Å². The van der Waals surface area contributed by atoms with Gasteiger partial charge < -0.3 is 10.1 Å². The van der Waals surface area contributed by atoms with Gasteiger partial charge in [-0.3, -0.25) is 4.79 Å². The Morgan fingerprint density at radius 3 is 2.87 bits per heavy atom. The Bertz CT molecular complexity index is 679. The second-order valence-corrected chi connectivity index (χ2v) is 5.84. The lowest BCUT2D eigenvalue weighted by molar-refractivity contribution is -0.119. The second-order valence-electron chi connectivity index (χ2n) is 5.84. The summed E-state index contributed by atoms with van der Waals surface area (Å²) >= 11 is 0. The number of aryl methyl sites for hydroxylation is 1. The number of amides is 1. The number of anilines is 1. The highest BCUT2D eigenvalue weighted by Gasteiger charge is 2.31. The van der Waals surface area contributed by atoms with E-state index < -0.39 is 0 Å². The summed E-state index contributed by atoms with van der Waals surface area (Å²) in [6.07, 6.45) is 2.79. The Kier molecular flexibility index (Phi) is 4.66. The smallest absolute Gasteiger partial charge is 0.224 e. The van der Waals surface area contributed by atoms with Crippen LogP contribution < -0.4 is 5.32 Å². The van der Waals surface area contributed by atoms with Crippen molar-refractivity contribution in [3.63, 3.8) is 0 Å². The summed E-state index contributed by atoms with van der Waals surface area (Å²) in [7, 11) is 1.77. The van der Waals surface area contributed by atoms with Gasteiger partial charge in [0.15, 0.2) is 5.82 Å². The predicted octanol–water partition coefficient (Wildman–Crippen LogP) is 2.02. The first kappa shape index (κ1) is 15.6. The molecule has 0 aliphatic heterocycles. The molecule has 0 bridgehead atoms. The van der Waals surface area contributed by atoms with E-state index in [1.807, 2.05) is 31.2 Å². The lowest BCUT2D eigenvalue weighted by atomic mass is 9.80. The molecule has 23 heavy (non-hydrogen) atoms. The van der Waals surface area contributed by atoms with Crippen molar-refractivity contribution in [3.8, 4) is 11.4 Å². The molecule has 7 nitrogen and oxygen atoms in total. The third-order valence-electron chi connectivity index (χ3n) is 4.13. The maximum atomic E-state index is 12.3. The van der Waals surface area contributed by atoms with Gasteiger partial charge in [0.1, 0.15) is 0 Å². The van der Waals surface area contributed by atoms with Crippen molar-refractivity contribution in [1.29, 1.82) is 0 Å². The van der Waals surface area contributed by atoms with Gasteiger partial charge in [-0.15, -0.1) is 5.10 Å². The molecule has 1 heterocycles. The van der Waals surface area contributed by atoms with Crippen molar-refractivity contribution in [2.24, 2.45) is 13.0 Å². The van der Waals surface area contributed by atoms with Crippen LogP contribution in [0.1, 0.15) is 26.2 Å². The molecule has 0 saturated heterocycles. The van der Waals surface area contributed by atoms with Gasteiger partial charge in [-0.05, 0) is 48.2 Å². The van der Waals surface area contributed by atoms with Crippen molar-refractivity contribution < 1.29 is 9.53 Å². The van der Waals surface area contributed by atoms with Crippen LogP contribution in [-0.2, 0) is 16.6 Å². The largest absolute Gasteiger partial charge is 0.378 e. The fourth-order valence-electron chi connectivity index (χ4n) is 2.92. The average molecular weight is 315 g/mol. The molecule has 0 atom stereocenters. The SMILES string of the molecule is CCOC1CC(CC(=O)Nc2ccccc2-c2nnnn2C)C1. The van der Waals surface area contributed by atoms with Gasteiger partial charge in [0.05, 0.1) is 11.8 Å². The summed E-state index contributed by atoms with van der Waals surface area (Å²) in [4.78, 5) is 12.3. The van der Waals surface area contributed by atoms with E-state index in [0.29, 0.717) is 24.3 Å². The van der Waals surface area contributed by atoms with E-state index in [0.717, 1.165) is 30.7 Å². The number of tetrazole rings is 1. The van der Waals surface area contributed by atoms with Gasteiger partial charge >= 0.3 is 0 Å². The summed E-state index contributed by atoms with van der Waals surface area (Å²) in [6, 6.07) is 7.55. The summed E-state index contributed by atoms with van der Waals surface area (Å²) in [5.74, 6) is 1.06. The van der Waals surface area contributed by atoms with Crippen molar-refractivity contribution in [2.45, 2.75) is 32.3 Å². The molecule has 1 aliphatic carbocycles. The van der Waals surface area contributed by atoms with Crippen LogP contribution >= 0.6 is 0 Å². The van der Waals surface area contributed by atoms with Crippen LogP contribution in [0.5, 0.6) is 0 Å². The van der Waals surface area contributed by atoms with Crippen molar-refractivity contribution in [3.05, 3.63) is 24.3 Å². The Morgan fingerprint density at radius 2 is 2.17 bits per heavy atom. The van der Waals surface area contributed by atoms with E-state index in [-0.39, 0.29) is 5.91 Å². The van der Waals surface area contributed by atoms with E-state index in [1.165, 1.54) is 0 Å². The topological polar surface area (TPSA) is 81.9 Å². The molecule has 1 aromatic carbocycles. The molecular weight excluding hydrogens is 294 g/mol. The van der Waals surface area contributed by atoms with E-state index in [1.54, 1.807) is 11.7 Å². The van der Waals surface area contributed by atoms with Crippen LogP contribution in [0.3, 0.4) is 0 Å². The highest BCUT2D eigenvalue weighted by atomic mass is 16.5. The molecule has 1 N–H and O–H groups in total. The first-order valence-corrected chi connectivity index (χ1v) is 7.90. The van der Waals surface area contributed by atoms with E-state index in [2.05, 4.69) is 20.8 Å². The zero-order valence-corrected chi connectivity index (χ0v) is 13.4. The molecule has 1 aliphatic rings. The molecule has 0 spiro atoms. The van der Waals surface area contributed by atoms with Crippen molar-refractivity contribution >= 4 is 11.6 Å². The third kappa shape index (κ3) is 3.56. The maximum Gasteiger partial charge on any atom is 0.224 e. The van der Waals surface area contributed by atoms with Gasteiger partial charge in [0.2, 0.25) is 5.91 Å². The molecular formula is C16H21N5O2. The fraction of sp³-hybridized carbons (Fsp3) is 0.500. The molecule has 7 heteroatoms. The molecule has 0 unspecified atom stereocenters. The van der Waals surface area contributed by atoms with Crippen LogP contribution in [0.15, 0.2) is 24.3 Å². The van der Waals surface area contributed by atoms with Crippen LogP contribution in [0, 0.1) is 5.92 Å². The quantitative estimate of drug-likeness (QED) is 0.882. The minimum absolute atomic E-state index is 0.0209. The number of aromatic nitrogens is 4. The number of benzene rings is 1. The number of rotatable bonds is 6. The molecule has 1 fully saturated rings. The van der Waals surface area contributed by atoms with Crippen molar-refractivity contribution in [2.75, 3.05) is 11.9 Å². The van der Waals surface area contributed by atoms with Gasteiger partial charge in [-0.25, -0.2) is 4.68 Å². The minimum Gasteiger partial charge on any atom is -0.378 e. The highest BCUT2D eigenvalue weighted by molar-refractivity contribution is 5.94.